The number of carbonyl (C=O) groups excluding carboxylic acids is 2. The summed E-state index contributed by atoms with van der Waals surface area (Å²) in [5, 5.41) is 12.1. The predicted molar refractivity (Wildman–Crippen MR) is 116 cm³/mol. The summed E-state index contributed by atoms with van der Waals surface area (Å²) in [6, 6.07) is 9.87. The van der Waals surface area contributed by atoms with Gasteiger partial charge >= 0.3 is 0 Å². The molecular weight excluding hydrogens is 402 g/mol. The van der Waals surface area contributed by atoms with E-state index in [4.69, 9.17) is 16.9 Å². The monoisotopic (exact) mass is 427 g/mol. The molecule has 1 aromatic carbocycles. The van der Waals surface area contributed by atoms with Crippen LogP contribution in [0, 0.1) is 11.3 Å². The van der Waals surface area contributed by atoms with Crippen molar-refractivity contribution in [3.8, 4) is 6.07 Å². The van der Waals surface area contributed by atoms with E-state index in [0.29, 0.717) is 31.9 Å². The fourth-order valence-corrected chi connectivity index (χ4v) is 3.26. The molecule has 0 unspecified atom stereocenters. The number of fused-ring (bicyclic) bond motifs is 1. The van der Waals surface area contributed by atoms with Crippen LogP contribution in [0.5, 0.6) is 0 Å². The number of rotatable bonds is 6. The summed E-state index contributed by atoms with van der Waals surface area (Å²) >= 11 is 5.82. The van der Waals surface area contributed by atoms with Gasteiger partial charge in [-0.25, -0.2) is 4.98 Å². The molecule has 2 heterocycles. The summed E-state index contributed by atoms with van der Waals surface area (Å²) in [5.41, 5.74) is 1.81. The second-order valence-corrected chi connectivity index (χ2v) is 7.07. The van der Waals surface area contributed by atoms with Crippen molar-refractivity contribution >= 4 is 23.3 Å². The third-order valence-electron chi connectivity index (χ3n) is 4.60. The zero-order valence-electron chi connectivity index (χ0n) is 17.3. The molecule has 1 amide bonds. The van der Waals surface area contributed by atoms with Crippen molar-refractivity contribution in [2.24, 2.45) is 0 Å². The lowest BCUT2D eigenvalue weighted by Gasteiger charge is -2.27. The fraction of sp³-hybridized carbons (Fsp3) is 0.364. The smallest absolute Gasteiger partial charge is 0.246 e. The van der Waals surface area contributed by atoms with Crippen molar-refractivity contribution in [1.29, 1.82) is 5.26 Å². The molecule has 1 aliphatic heterocycles. The lowest BCUT2D eigenvalue weighted by Crippen LogP contribution is -2.38. The van der Waals surface area contributed by atoms with Crippen LogP contribution in [0.25, 0.3) is 0 Å². The maximum Gasteiger partial charge on any atom is 0.246 e. The number of hydrogen-bond acceptors (Lipinski definition) is 5. The molecule has 0 saturated heterocycles. The zero-order valence-corrected chi connectivity index (χ0v) is 18.0. The van der Waals surface area contributed by atoms with Crippen molar-refractivity contribution in [2.75, 3.05) is 19.6 Å². The molecule has 0 bridgehead atoms. The highest BCUT2D eigenvalue weighted by Crippen LogP contribution is 2.15. The first-order valence-corrected chi connectivity index (χ1v) is 10.2. The Hall–Kier alpha value is -2.95. The maximum absolute atomic E-state index is 12.0. The van der Waals surface area contributed by atoms with Crippen molar-refractivity contribution in [3.05, 3.63) is 64.7 Å². The Labute approximate surface area is 182 Å². The minimum absolute atomic E-state index is 0.0167. The van der Waals surface area contributed by atoms with Crippen molar-refractivity contribution in [2.45, 2.75) is 33.4 Å². The van der Waals surface area contributed by atoms with Crippen LogP contribution in [0.1, 0.15) is 35.7 Å². The van der Waals surface area contributed by atoms with Gasteiger partial charge < -0.3 is 14.8 Å². The van der Waals surface area contributed by atoms with E-state index in [9.17, 15) is 9.59 Å². The number of nitriles is 1. The summed E-state index contributed by atoms with van der Waals surface area (Å²) in [5.74, 6) is 0.625. The molecule has 158 valence electrons. The Bertz CT molecular complexity index is 945. The molecule has 3 rings (SSSR count). The predicted octanol–water partition coefficient (Wildman–Crippen LogP) is 3.00. The molecule has 0 atom stereocenters. The van der Waals surface area contributed by atoms with Gasteiger partial charge in [0.25, 0.3) is 0 Å². The van der Waals surface area contributed by atoms with E-state index < -0.39 is 0 Å². The van der Waals surface area contributed by atoms with Gasteiger partial charge in [-0.3, -0.25) is 9.59 Å². The first-order chi connectivity index (χ1) is 14.5. The van der Waals surface area contributed by atoms with Crippen LogP contribution >= 0.6 is 11.6 Å². The van der Waals surface area contributed by atoms with Gasteiger partial charge in [-0.15, -0.1) is 0 Å². The molecule has 1 N–H and O–H groups in total. The van der Waals surface area contributed by atoms with Gasteiger partial charge in [-0.05, 0) is 18.1 Å². The minimum atomic E-state index is -0.0904. The number of amides is 1. The average molecular weight is 428 g/mol. The number of nitrogens with zero attached hydrogens (tertiary/aromatic N) is 4. The molecule has 0 fully saturated rings. The summed E-state index contributed by atoms with van der Waals surface area (Å²) in [4.78, 5) is 29.4. The number of aryl methyl sites for hydroxylation is 1. The molecule has 0 saturated carbocycles. The Morgan fingerprint density at radius 3 is 2.73 bits per heavy atom. The quantitative estimate of drug-likeness (QED) is 0.331. The Morgan fingerprint density at radius 1 is 1.33 bits per heavy atom. The number of carbonyl (C=O) groups is 2. The number of nitrogens with one attached hydrogen (secondary N) is 1. The number of ketones is 1. The highest BCUT2D eigenvalue weighted by atomic mass is 35.5. The standard InChI is InChI=1S/C14H17N5O2.C8H9Cl/c1-11(20)12-9-17-13-10-18(7-8-19(12)13)14(21)3-2-5-16-6-4-15;1-2-7-5-3-4-6-8(7)9/h2-3,9,16H,5-8,10H2,1H3;3-6H,2H2,1H3/b3-2+;. The minimum Gasteiger partial charge on any atom is -0.330 e. The van der Waals surface area contributed by atoms with Crippen LogP contribution in [0.15, 0.2) is 42.6 Å². The summed E-state index contributed by atoms with van der Waals surface area (Å²) < 4.78 is 1.87. The topological polar surface area (TPSA) is 91.0 Å². The third-order valence-corrected chi connectivity index (χ3v) is 4.97. The van der Waals surface area contributed by atoms with Crippen molar-refractivity contribution < 1.29 is 9.59 Å². The zero-order chi connectivity index (χ0) is 21.9. The van der Waals surface area contributed by atoms with Gasteiger partial charge in [0, 0.05) is 37.7 Å². The van der Waals surface area contributed by atoms with E-state index in [1.165, 1.54) is 18.6 Å². The molecule has 2 aromatic rings. The molecule has 0 radical (unpaired) electrons. The van der Waals surface area contributed by atoms with Gasteiger partial charge in [-0.1, -0.05) is 42.8 Å². The van der Waals surface area contributed by atoms with E-state index in [1.807, 2.05) is 34.9 Å². The number of benzene rings is 1. The second-order valence-electron chi connectivity index (χ2n) is 6.66. The summed E-state index contributed by atoms with van der Waals surface area (Å²) in [6.45, 7) is 5.89. The third kappa shape index (κ3) is 6.55. The van der Waals surface area contributed by atoms with Crippen LogP contribution in [0.4, 0.5) is 0 Å². The van der Waals surface area contributed by atoms with Gasteiger partial charge in [-0.2, -0.15) is 5.26 Å². The van der Waals surface area contributed by atoms with E-state index >= 15 is 0 Å². The van der Waals surface area contributed by atoms with E-state index in [1.54, 1.807) is 17.2 Å². The molecule has 7 nitrogen and oxygen atoms in total. The number of hydrogen-bond donors (Lipinski definition) is 1. The maximum atomic E-state index is 12.0. The van der Waals surface area contributed by atoms with Gasteiger partial charge in [0.15, 0.2) is 5.78 Å². The highest BCUT2D eigenvalue weighted by molar-refractivity contribution is 6.31. The molecule has 1 aliphatic rings. The van der Waals surface area contributed by atoms with Crippen LogP contribution in [-0.2, 0) is 24.3 Å². The lowest BCUT2D eigenvalue weighted by atomic mass is 10.2. The molecule has 1 aromatic heterocycles. The largest absolute Gasteiger partial charge is 0.330 e. The molecule has 30 heavy (non-hydrogen) atoms. The summed E-state index contributed by atoms with van der Waals surface area (Å²) in [6.07, 6.45) is 5.77. The molecule has 0 spiro atoms. The van der Waals surface area contributed by atoms with Gasteiger partial charge in [0.2, 0.25) is 5.91 Å². The normalized spacial score (nSPS) is 12.7. The first kappa shape index (κ1) is 23.3. The van der Waals surface area contributed by atoms with E-state index in [2.05, 4.69) is 17.2 Å². The second kappa shape index (κ2) is 11.9. The Balaban J connectivity index is 0.000000297. The molecular formula is C22H26ClN5O2. The van der Waals surface area contributed by atoms with Crippen LogP contribution < -0.4 is 5.32 Å². The summed E-state index contributed by atoms with van der Waals surface area (Å²) in [7, 11) is 0. The average Bonchev–Trinajstić information content (AvgIpc) is 3.18. The number of halogens is 1. The van der Waals surface area contributed by atoms with Gasteiger partial charge in [0.1, 0.15) is 11.5 Å². The Morgan fingerprint density at radius 2 is 2.10 bits per heavy atom. The van der Waals surface area contributed by atoms with E-state index in [-0.39, 0.29) is 18.2 Å². The molecule has 8 heteroatoms. The molecule has 0 aliphatic carbocycles. The fourth-order valence-electron chi connectivity index (χ4n) is 2.99. The Kier molecular flexibility index (Phi) is 9.26. The number of aromatic nitrogens is 2. The first-order valence-electron chi connectivity index (χ1n) is 9.79. The van der Waals surface area contributed by atoms with Crippen LogP contribution in [0.3, 0.4) is 0 Å². The lowest BCUT2D eigenvalue weighted by molar-refractivity contribution is -0.127. The van der Waals surface area contributed by atoms with E-state index in [0.717, 1.165) is 17.3 Å². The van der Waals surface area contributed by atoms with Crippen LogP contribution in [-0.4, -0.2) is 45.8 Å². The van der Waals surface area contributed by atoms with Crippen LogP contribution in [0.2, 0.25) is 5.02 Å². The number of Topliss-reactive ketones (excluding diaryl/α,β-unsaturated/α-hetero) is 1. The SMILES string of the molecule is CC(=O)c1cnc2n1CCN(C(=O)/C=C/CNCC#N)C2.CCc1ccccc1Cl. The highest BCUT2D eigenvalue weighted by Gasteiger charge is 2.23. The van der Waals surface area contributed by atoms with Crippen molar-refractivity contribution in [1.82, 2.24) is 19.8 Å². The van der Waals surface area contributed by atoms with Crippen molar-refractivity contribution in [3.63, 3.8) is 0 Å². The van der Waals surface area contributed by atoms with Gasteiger partial charge in [0.05, 0.1) is 25.4 Å². The number of imidazole rings is 1.